The Morgan fingerprint density at radius 1 is 1.37 bits per heavy atom. The van der Waals surface area contributed by atoms with E-state index in [1.165, 1.54) is 18.9 Å². The first kappa shape index (κ1) is 15.0. The zero-order valence-corrected chi connectivity index (χ0v) is 13.3. The molecule has 0 saturated heterocycles. The van der Waals surface area contributed by atoms with Gasteiger partial charge < -0.3 is 5.73 Å². The summed E-state index contributed by atoms with van der Waals surface area (Å²) in [5.74, 6) is 1.36. The summed E-state index contributed by atoms with van der Waals surface area (Å²) in [6.45, 7) is 4.59. The van der Waals surface area contributed by atoms with Gasteiger partial charge in [-0.1, -0.05) is 19.9 Å². The van der Waals surface area contributed by atoms with Crippen LogP contribution in [0.25, 0.3) is 0 Å². The van der Waals surface area contributed by atoms with Gasteiger partial charge in [-0.05, 0) is 77.6 Å². The average Bonchev–Trinajstić information content (AvgIpc) is 2.34. The van der Waals surface area contributed by atoms with E-state index in [2.05, 4.69) is 29.8 Å². The zero-order valence-electron chi connectivity index (χ0n) is 11.8. The van der Waals surface area contributed by atoms with E-state index in [-0.39, 0.29) is 11.4 Å². The summed E-state index contributed by atoms with van der Waals surface area (Å²) >= 11 is 3.24. The summed E-state index contributed by atoms with van der Waals surface area (Å²) < 4.78 is 13.8. The van der Waals surface area contributed by atoms with Gasteiger partial charge in [0.1, 0.15) is 5.82 Å². The quantitative estimate of drug-likeness (QED) is 0.857. The SMILES string of the molecule is CC(C)C1CCC(N)(Cc2ccc(F)c(Br)c2)CC1. The maximum atomic E-state index is 13.2. The molecule has 19 heavy (non-hydrogen) atoms. The Balaban J connectivity index is 2.00. The fourth-order valence-electron chi connectivity index (χ4n) is 3.11. The van der Waals surface area contributed by atoms with E-state index in [1.807, 2.05) is 12.1 Å². The Hall–Kier alpha value is -0.410. The summed E-state index contributed by atoms with van der Waals surface area (Å²) in [7, 11) is 0. The van der Waals surface area contributed by atoms with Gasteiger partial charge in [-0.25, -0.2) is 4.39 Å². The second-order valence-electron chi connectivity index (χ2n) is 6.37. The van der Waals surface area contributed by atoms with E-state index in [4.69, 9.17) is 5.73 Å². The van der Waals surface area contributed by atoms with Crippen LogP contribution in [-0.2, 0) is 6.42 Å². The molecule has 2 N–H and O–H groups in total. The van der Waals surface area contributed by atoms with Crippen LogP contribution >= 0.6 is 15.9 Å². The maximum Gasteiger partial charge on any atom is 0.137 e. The second-order valence-corrected chi connectivity index (χ2v) is 7.22. The van der Waals surface area contributed by atoms with E-state index in [9.17, 15) is 4.39 Å². The summed E-state index contributed by atoms with van der Waals surface area (Å²) in [6.07, 6.45) is 5.43. The average molecular weight is 328 g/mol. The molecule has 3 heteroatoms. The molecule has 0 aromatic heterocycles. The highest BCUT2D eigenvalue weighted by atomic mass is 79.9. The molecular formula is C16H23BrFN. The van der Waals surface area contributed by atoms with Crippen molar-refractivity contribution in [2.75, 3.05) is 0 Å². The van der Waals surface area contributed by atoms with Gasteiger partial charge in [-0.2, -0.15) is 0 Å². The maximum absolute atomic E-state index is 13.2. The van der Waals surface area contributed by atoms with Crippen molar-refractivity contribution < 1.29 is 4.39 Å². The summed E-state index contributed by atoms with van der Waals surface area (Å²) in [4.78, 5) is 0. The van der Waals surface area contributed by atoms with E-state index >= 15 is 0 Å². The van der Waals surface area contributed by atoms with E-state index < -0.39 is 0 Å². The molecule has 1 aliphatic rings. The molecule has 0 heterocycles. The molecule has 0 aliphatic heterocycles. The minimum Gasteiger partial charge on any atom is -0.325 e. The zero-order chi connectivity index (χ0) is 14.0. The third-order valence-corrected chi connectivity index (χ3v) is 5.12. The lowest BCUT2D eigenvalue weighted by molar-refractivity contribution is 0.194. The minimum absolute atomic E-state index is 0.108. The molecule has 0 amide bonds. The van der Waals surface area contributed by atoms with Crippen LogP contribution in [0.3, 0.4) is 0 Å². The van der Waals surface area contributed by atoms with Gasteiger partial charge in [0.15, 0.2) is 0 Å². The molecule has 106 valence electrons. The van der Waals surface area contributed by atoms with Crippen LogP contribution in [0, 0.1) is 17.7 Å². The third kappa shape index (κ3) is 3.79. The molecule has 2 rings (SSSR count). The smallest absolute Gasteiger partial charge is 0.137 e. The Labute approximate surface area is 123 Å². The van der Waals surface area contributed by atoms with Crippen molar-refractivity contribution >= 4 is 15.9 Å². The Bertz CT molecular complexity index is 436. The highest BCUT2D eigenvalue weighted by molar-refractivity contribution is 9.10. The van der Waals surface area contributed by atoms with Crippen LogP contribution in [0.15, 0.2) is 22.7 Å². The molecule has 0 radical (unpaired) electrons. The molecule has 0 bridgehead atoms. The number of hydrogen-bond acceptors (Lipinski definition) is 1. The van der Waals surface area contributed by atoms with Gasteiger partial charge in [0.25, 0.3) is 0 Å². The first-order chi connectivity index (χ1) is 8.89. The van der Waals surface area contributed by atoms with Gasteiger partial charge in [0.05, 0.1) is 4.47 Å². The van der Waals surface area contributed by atoms with Crippen molar-refractivity contribution in [2.45, 2.75) is 51.5 Å². The number of rotatable bonds is 3. The van der Waals surface area contributed by atoms with Crippen molar-refractivity contribution in [3.8, 4) is 0 Å². The first-order valence-corrected chi connectivity index (χ1v) is 7.92. The molecular weight excluding hydrogens is 305 g/mol. The van der Waals surface area contributed by atoms with Crippen LogP contribution in [0.2, 0.25) is 0 Å². The van der Waals surface area contributed by atoms with Crippen LogP contribution in [0.1, 0.15) is 45.1 Å². The monoisotopic (exact) mass is 327 g/mol. The van der Waals surface area contributed by atoms with Crippen molar-refractivity contribution in [3.05, 3.63) is 34.1 Å². The second kappa shape index (κ2) is 5.92. The van der Waals surface area contributed by atoms with Crippen molar-refractivity contribution in [3.63, 3.8) is 0 Å². The fourth-order valence-corrected chi connectivity index (χ4v) is 3.54. The van der Waals surface area contributed by atoms with Gasteiger partial charge in [0.2, 0.25) is 0 Å². The van der Waals surface area contributed by atoms with Gasteiger partial charge in [-0.15, -0.1) is 0 Å². The van der Waals surface area contributed by atoms with Crippen molar-refractivity contribution in [1.29, 1.82) is 0 Å². The first-order valence-electron chi connectivity index (χ1n) is 7.12. The van der Waals surface area contributed by atoms with Gasteiger partial charge in [-0.3, -0.25) is 0 Å². The normalized spacial score (nSPS) is 27.8. The number of benzene rings is 1. The molecule has 0 spiro atoms. The van der Waals surface area contributed by atoms with Crippen LogP contribution in [0.5, 0.6) is 0 Å². The molecule has 1 saturated carbocycles. The molecule has 1 aromatic rings. The number of hydrogen-bond donors (Lipinski definition) is 1. The van der Waals surface area contributed by atoms with Gasteiger partial charge in [0, 0.05) is 5.54 Å². The largest absolute Gasteiger partial charge is 0.325 e. The molecule has 1 aliphatic carbocycles. The predicted octanol–water partition coefficient (Wildman–Crippen LogP) is 4.67. The Morgan fingerprint density at radius 3 is 2.53 bits per heavy atom. The number of nitrogens with two attached hydrogens (primary N) is 1. The predicted molar refractivity (Wildman–Crippen MR) is 81.5 cm³/mol. The van der Waals surface area contributed by atoms with Crippen molar-refractivity contribution in [2.24, 2.45) is 17.6 Å². The topological polar surface area (TPSA) is 26.0 Å². The van der Waals surface area contributed by atoms with Crippen LogP contribution < -0.4 is 5.73 Å². The van der Waals surface area contributed by atoms with E-state index in [1.54, 1.807) is 0 Å². The lowest BCUT2D eigenvalue weighted by Gasteiger charge is -2.38. The van der Waals surface area contributed by atoms with Crippen molar-refractivity contribution in [1.82, 2.24) is 0 Å². The van der Waals surface area contributed by atoms with E-state index in [0.29, 0.717) is 4.47 Å². The highest BCUT2D eigenvalue weighted by Crippen LogP contribution is 2.36. The Morgan fingerprint density at radius 2 is 2.00 bits per heavy atom. The molecule has 0 atom stereocenters. The van der Waals surface area contributed by atoms with Crippen LogP contribution in [0.4, 0.5) is 4.39 Å². The lowest BCUT2D eigenvalue weighted by atomic mass is 9.71. The fraction of sp³-hybridized carbons (Fsp3) is 0.625. The number of halogens is 2. The molecule has 1 aromatic carbocycles. The minimum atomic E-state index is -0.210. The summed E-state index contributed by atoms with van der Waals surface area (Å²) in [5.41, 5.74) is 7.55. The molecule has 0 unspecified atom stereocenters. The summed E-state index contributed by atoms with van der Waals surface area (Å²) in [6, 6.07) is 5.23. The highest BCUT2D eigenvalue weighted by Gasteiger charge is 2.32. The molecule has 1 nitrogen and oxygen atoms in total. The standard InChI is InChI=1S/C16H23BrFN/c1-11(2)13-5-7-16(19,8-6-13)10-12-3-4-15(18)14(17)9-12/h3-4,9,11,13H,5-8,10,19H2,1-2H3. The van der Waals surface area contributed by atoms with Crippen LogP contribution in [-0.4, -0.2) is 5.54 Å². The van der Waals surface area contributed by atoms with E-state index in [0.717, 1.165) is 36.7 Å². The summed E-state index contributed by atoms with van der Waals surface area (Å²) in [5, 5.41) is 0. The Kier molecular flexibility index (Phi) is 4.67. The lowest BCUT2D eigenvalue weighted by Crippen LogP contribution is -2.45. The molecule has 1 fully saturated rings. The third-order valence-electron chi connectivity index (χ3n) is 4.51. The van der Waals surface area contributed by atoms with Gasteiger partial charge >= 0.3 is 0 Å².